The molecule has 0 aliphatic rings. The van der Waals surface area contributed by atoms with E-state index in [1.165, 1.54) is 0 Å². The van der Waals surface area contributed by atoms with E-state index in [1.54, 1.807) is 30.6 Å². The van der Waals surface area contributed by atoms with Gasteiger partial charge in [0.2, 0.25) is 0 Å². The minimum absolute atomic E-state index is 0.535. The highest BCUT2D eigenvalue weighted by atomic mass is 35.5. The van der Waals surface area contributed by atoms with Crippen molar-refractivity contribution in [1.29, 1.82) is 0 Å². The molecular weight excluding hydrogens is 401 g/mol. The second-order valence-corrected chi connectivity index (χ2v) is 7.63. The maximum atomic E-state index is 6.33. The Kier molecular flexibility index (Phi) is 4.91. The fraction of sp³-hybridized carbons (Fsp3) is 0.100. The summed E-state index contributed by atoms with van der Waals surface area (Å²) in [5, 5.41) is 7.52. The number of aromatic nitrogens is 2. The first kappa shape index (κ1) is 18.0. The van der Waals surface area contributed by atoms with Crippen LogP contribution in [0.4, 0.5) is 11.5 Å². The number of benzene rings is 2. The fourth-order valence-corrected chi connectivity index (χ4v) is 4.29. The molecule has 4 rings (SSSR count). The van der Waals surface area contributed by atoms with E-state index in [0.29, 0.717) is 21.7 Å². The predicted molar refractivity (Wildman–Crippen MR) is 114 cm³/mol. The van der Waals surface area contributed by atoms with Gasteiger partial charge in [-0.3, -0.25) is 0 Å². The number of hydrogen-bond donors (Lipinski definition) is 1. The van der Waals surface area contributed by atoms with E-state index >= 15 is 0 Å². The van der Waals surface area contributed by atoms with Gasteiger partial charge in [-0.25, -0.2) is 9.97 Å². The molecule has 0 unspecified atom stereocenters. The normalized spacial score (nSPS) is 11.0. The summed E-state index contributed by atoms with van der Waals surface area (Å²) in [7, 11) is 1.66. The topological polar surface area (TPSA) is 47.0 Å². The molecule has 0 spiro atoms. The molecule has 0 aliphatic heterocycles. The van der Waals surface area contributed by atoms with Crippen molar-refractivity contribution >= 4 is 56.3 Å². The van der Waals surface area contributed by atoms with Crippen LogP contribution in [0.2, 0.25) is 10.0 Å². The zero-order valence-electron chi connectivity index (χ0n) is 14.6. The highest BCUT2D eigenvalue weighted by Gasteiger charge is 2.15. The second-order valence-electron chi connectivity index (χ2n) is 5.93. The van der Waals surface area contributed by atoms with Gasteiger partial charge in [0.05, 0.1) is 23.2 Å². The highest BCUT2D eigenvalue weighted by Crippen LogP contribution is 2.39. The lowest BCUT2D eigenvalue weighted by molar-refractivity contribution is 0.415. The molecule has 4 nitrogen and oxygen atoms in total. The third-order valence-corrected chi connectivity index (χ3v) is 5.55. The number of rotatable bonds is 4. The van der Waals surface area contributed by atoms with Crippen LogP contribution in [0.1, 0.15) is 5.82 Å². The molecule has 0 saturated heterocycles. The third-order valence-electron chi connectivity index (χ3n) is 4.13. The molecule has 2 aromatic carbocycles. The smallest absolute Gasteiger partial charge is 0.143 e. The van der Waals surface area contributed by atoms with Crippen molar-refractivity contribution in [3.05, 3.63) is 63.7 Å². The zero-order valence-corrected chi connectivity index (χ0v) is 16.9. The van der Waals surface area contributed by atoms with E-state index in [2.05, 4.69) is 20.7 Å². The third kappa shape index (κ3) is 3.58. The Bertz CT molecular complexity index is 1130. The van der Waals surface area contributed by atoms with Crippen molar-refractivity contribution < 1.29 is 4.74 Å². The molecule has 2 aromatic heterocycles. The van der Waals surface area contributed by atoms with Gasteiger partial charge < -0.3 is 10.1 Å². The molecule has 0 aliphatic carbocycles. The van der Waals surface area contributed by atoms with Gasteiger partial charge in [-0.2, -0.15) is 0 Å². The van der Waals surface area contributed by atoms with Gasteiger partial charge in [-0.05, 0) is 42.8 Å². The number of anilines is 2. The highest BCUT2D eigenvalue weighted by molar-refractivity contribution is 7.17. The van der Waals surface area contributed by atoms with Crippen molar-refractivity contribution in [3.8, 4) is 16.9 Å². The van der Waals surface area contributed by atoms with Gasteiger partial charge in [0.15, 0.2) is 0 Å². The van der Waals surface area contributed by atoms with E-state index in [9.17, 15) is 0 Å². The molecular formula is C20H15Cl2N3OS. The molecule has 0 saturated carbocycles. The number of fused-ring (bicyclic) bond motifs is 1. The Morgan fingerprint density at radius 3 is 2.52 bits per heavy atom. The van der Waals surface area contributed by atoms with Crippen molar-refractivity contribution in [1.82, 2.24) is 9.97 Å². The molecule has 0 amide bonds. The standard InChI is InChI=1S/C20H15Cl2N3OS/c1-11-23-19(25-17-8-5-13(21)9-16(17)22)18-15(10-27-20(18)24-11)12-3-6-14(26-2)7-4-12/h3-10H,1-2H3,(H,23,24,25). The van der Waals surface area contributed by atoms with Gasteiger partial charge in [0.1, 0.15) is 22.2 Å². The average Bonchev–Trinajstić information content (AvgIpc) is 3.08. The lowest BCUT2D eigenvalue weighted by Crippen LogP contribution is -1.99. The van der Waals surface area contributed by atoms with E-state index in [1.807, 2.05) is 37.3 Å². The molecule has 0 bridgehead atoms. The number of nitrogens with zero attached hydrogens (tertiary/aromatic N) is 2. The number of hydrogen-bond acceptors (Lipinski definition) is 5. The monoisotopic (exact) mass is 415 g/mol. The van der Waals surface area contributed by atoms with E-state index in [-0.39, 0.29) is 0 Å². The number of halogens is 2. The zero-order chi connectivity index (χ0) is 19.0. The van der Waals surface area contributed by atoms with E-state index < -0.39 is 0 Å². The molecule has 0 atom stereocenters. The predicted octanol–water partition coefficient (Wildman–Crippen LogP) is 6.73. The summed E-state index contributed by atoms with van der Waals surface area (Å²) in [5.74, 6) is 2.23. The average molecular weight is 416 g/mol. The first-order valence-corrected chi connectivity index (χ1v) is 9.81. The van der Waals surface area contributed by atoms with Crippen LogP contribution in [0.25, 0.3) is 21.3 Å². The molecule has 0 radical (unpaired) electrons. The lowest BCUT2D eigenvalue weighted by atomic mass is 10.1. The summed E-state index contributed by atoms with van der Waals surface area (Å²) in [6, 6.07) is 13.3. The molecule has 1 N–H and O–H groups in total. The minimum Gasteiger partial charge on any atom is -0.497 e. The molecule has 7 heteroatoms. The van der Waals surface area contributed by atoms with Gasteiger partial charge in [-0.15, -0.1) is 11.3 Å². The number of nitrogens with one attached hydrogen (secondary N) is 1. The summed E-state index contributed by atoms with van der Waals surface area (Å²) in [6.45, 7) is 1.88. The number of methoxy groups -OCH3 is 1. The molecule has 27 heavy (non-hydrogen) atoms. The Labute approximate surface area is 170 Å². The first-order chi connectivity index (χ1) is 13.0. The van der Waals surface area contributed by atoms with Crippen LogP contribution in [0, 0.1) is 6.92 Å². The minimum atomic E-state index is 0.535. The summed E-state index contributed by atoms with van der Waals surface area (Å²) in [4.78, 5) is 10.1. The molecule has 4 aromatic rings. The molecule has 0 fully saturated rings. The summed E-state index contributed by atoms with van der Waals surface area (Å²) >= 11 is 13.9. The summed E-state index contributed by atoms with van der Waals surface area (Å²) < 4.78 is 5.26. The van der Waals surface area contributed by atoms with Crippen LogP contribution >= 0.6 is 34.5 Å². The van der Waals surface area contributed by atoms with E-state index in [4.69, 9.17) is 27.9 Å². The van der Waals surface area contributed by atoms with Gasteiger partial charge in [0, 0.05) is 16.0 Å². The SMILES string of the molecule is COc1ccc(-c2csc3nc(C)nc(Nc4ccc(Cl)cc4Cl)c23)cc1. The van der Waals surface area contributed by atoms with Crippen LogP contribution in [0.5, 0.6) is 5.75 Å². The van der Waals surface area contributed by atoms with Crippen molar-refractivity contribution in [2.75, 3.05) is 12.4 Å². The Morgan fingerprint density at radius 2 is 1.81 bits per heavy atom. The lowest BCUT2D eigenvalue weighted by Gasteiger charge is -2.11. The summed E-state index contributed by atoms with van der Waals surface area (Å²) in [5.41, 5.74) is 2.87. The number of ether oxygens (including phenoxy) is 1. The van der Waals surface area contributed by atoms with Crippen molar-refractivity contribution in [3.63, 3.8) is 0 Å². The van der Waals surface area contributed by atoms with Crippen LogP contribution in [0.3, 0.4) is 0 Å². The maximum Gasteiger partial charge on any atom is 0.143 e. The largest absolute Gasteiger partial charge is 0.497 e. The van der Waals surface area contributed by atoms with Crippen molar-refractivity contribution in [2.45, 2.75) is 6.92 Å². The van der Waals surface area contributed by atoms with Gasteiger partial charge in [0.25, 0.3) is 0 Å². The Balaban J connectivity index is 1.85. The van der Waals surface area contributed by atoms with Crippen LogP contribution < -0.4 is 10.1 Å². The Hall–Kier alpha value is -2.34. The van der Waals surface area contributed by atoms with Crippen molar-refractivity contribution in [2.24, 2.45) is 0 Å². The number of aryl methyl sites for hydroxylation is 1. The van der Waals surface area contributed by atoms with Crippen LogP contribution in [-0.4, -0.2) is 17.1 Å². The summed E-state index contributed by atoms with van der Waals surface area (Å²) in [6.07, 6.45) is 0. The van der Waals surface area contributed by atoms with E-state index in [0.717, 1.165) is 32.8 Å². The molecule has 136 valence electrons. The Morgan fingerprint density at radius 1 is 1.04 bits per heavy atom. The second kappa shape index (κ2) is 7.35. The van der Waals surface area contributed by atoms with Gasteiger partial charge in [-0.1, -0.05) is 35.3 Å². The number of thiophene rings is 1. The van der Waals surface area contributed by atoms with Crippen LogP contribution in [0.15, 0.2) is 47.8 Å². The van der Waals surface area contributed by atoms with Crippen LogP contribution in [-0.2, 0) is 0 Å². The van der Waals surface area contributed by atoms with Gasteiger partial charge >= 0.3 is 0 Å². The molecule has 2 heterocycles. The quantitative estimate of drug-likeness (QED) is 0.401. The first-order valence-electron chi connectivity index (χ1n) is 8.17. The maximum absolute atomic E-state index is 6.33. The fourth-order valence-electron chi connectivity index (χ4n) is 2.84.